The van der Waals surface area contributed by atoms with Crippen molar-refractivity contribution in [1.29, 1.82) is 0 Å². The Morgan fingerprint density at radius 3 is 2.42 bits per heavy atom. The molecule has 1 aliphatic rings. The van der Waals surface area contributed by atoms with E-state index in [2.05, 4.69) is 0 Å². The van der Waals surface area contributed by atoms with Crippen molar-refractivity contribution in [3.63, 3.8) is 0 Å². The van der Waals surface area contributed by atoms with Crippen LogP contribution in [0.2, 0.25) is 0 Å². The molecular formula is C9H17NO2. The molecule has 0 aliphatic carbocycles. The first-order valence-electron chi connectivity index (χ1n) is 4.32. The molecule has 0 bridgehead atoms. The highest BCUT2D eigenvalue weighted by molar-refractivity contribution is 5.79. The fourth-order valence-corrected chi connectivity index (χ4v) is 1.69. The van der Waals surface area contributed by atoms with Gasteiger partial charge < -0.3 is 9.64 Å². The maximum atomic E-state index is 11.4. The Kier molecular flexibility index (Phi) is 2.42. The van der Waals surface area contributed by atoms with Crippen LogP contribution in [0.3, 0.4) is 0 Å². The summed E-state index contributed by atoms with van der Waals surface area (Å²) >= 11 is 0. The van der Waals surface area contributed by atoms with E-state index >= 15 is 0 Å². The third-order valence-electron chi connectivity index (χ3n) is 2.16. The van der Waals surface area contributed by atoms with Crippen molar-refractivity contribution in [2.24, 2.45) is 0 Å². The minimum atomic E-state index is -0.117. The van der Waals surface area contributed by atoms with E-state index in [1.165, 1.54) is 0 Å². The second-order valence-electron chi connectivity index (χ2n) is 4.16. The van der Waals surface area contributed by atoms with Crippen LogP contribution in [-0.4, -0.2) is 29.7 Å². The molecule has 0 saturated carbocycles. The second-order valence-corrected chi connectivity index (χ2v) is 4.16. The first-order chi connectivity index (χ1) is 5.46. The molecule has 1 unspecified atom stereocenters. The average Bonchev–Trinajstić information content (AvgIpc) is 2.29. The SMILES string of the molecule is COC1CCC(=O)N1C(C)(C)C. The summed E-state index contributed by atoms with van der Waals surface area (Å²) in [4.78, 5) is 13.3. The number of rotatable bonds is 1. The molecule has 70 valence electrons. The van der Waals surface area contributed by atoms with Crippen LogP contribution in [-0.2, 0) is 9.53 Å². The van der Waals surface area contributed by atoms with Gasteiger partial charge in [0.2, 0.25) is 5.91 Å². The molecular weight excluding hydrogens is 154 g/mol. The lowest BCUT2D eigenvalue weighted by atomic mass is 10.1. The van der Waals surface area contributed by atoms with Gasteiger partial charge in [-0.3, -0.25) is 4.79 Å². The number of carbonyl (C=O) groups is 1. The van der Waals surface area contributed by atoms with Crippen molar-refractivity contribution in [3.8, 4) is 0 Å². The molecule has 1 saturated heterocycles. The highest BCUT2D eigenvalue weighted by Crippen LogP contribution is 2.27. The highest BCUT2D eigenvalue weighted by atomic mass is 16.5. The summed E-state index contributed by atoms with van der Waals surface area (Å²) in [6.07, 6.45) is 1.43. The molecule has 12 heavy (non-hydrogen) atoms. The third-order valence-corrected chi connectivity index (χ3v) is 2.16. The van der Waals surface area contributed by atoms with Gasteiger partial charge in [0.05, 0.1) is 0 Å². The van der Waals surface area contributed by atoms with Crippen LogP contribution in [0, 0.1) is 0 Å². The predicted octanol–water partition coefficient (Wildman–Crippen LogP) is 1.38. The molecule has 3 nitrogen and oxygen atoms in total. The molecule has 0 N–H and O–H groups in total. The quantitative estimate of drug-likeness (QED) is 0.596. The van der Waals surface area contributed by atoms with E-state index in [1.54, 1.807) is 7.11 Å². The van der Waals surface area contributed by atoms with Crippen molar-refractivity contribution < 1.29 is 9.53 Å². The number of amides is 1. The van der Waals surface area contributed by atoms with E-state index in [-0.39, 0.29) is 17.7 Å². The molecule has 3 heteroatoms. The number of carbonyl (C=O) groups excluding carboxylic acids is 1. The van der Waals surface area contributed by atoms with Crippen LogP contribution in [0.5, 0.6) is 0 Å². The summed E-state index contributed by atoms with van der Waals surface area (Å²) in [5, 5.41) is 0. The van der Waals surface area contributed by atoms with Gasteiger partial charge in [0.25, 0.3) is 0 Å². The van der Waals surface area contributed by atoms with E-state index < -0.39 is 0 Å². The lowest BCUT2D eigenvalue weighted by Gasteiger charge is -2.36. The smallest absolute Gasteiger partial charge is 0.225 e. The predicted molar refractivity (Wildman–Crippen MR) is 46.6 cm³/mol. The first-order valence-corrected chi connectivity index (χ1v) is 4.32. The molecule has 1 amide bonds. The molecule has 0 spiro atoms. The lowest BCUT2D eigenvalue weighted by Crippen LogP contribution is -2.47. The largest absolute Gasteiger partial charge is 0.362 e. The molecule has 0 aromatic rings. The molecule has 1 fully saturated rings. The van der Waals surface area contributed by atoms with Gasteiger partial charge in [-0.15, -0.1) is 0 Å². The van der Waals surface area contributed by atoms with Crippen molar-refractivity contribution in [2.45, 2.75) is 45.4 Å². The van der Waals surface area contributed by atoms with Crippen LogP contribution in [0.25, 0.3) is 0 Å². The zero-order chi connectivity index (χ0) is 9.35. The Morgan fingerprint density at radius 1 is 1.50 bits per heavy atom. The van der Waals surface area contributed by atoms with E-state index in [0.29, 0.717) is 6.42 Å². The zero-order valence-corrected chi connectivity index (χ0v) is 8.26. The van der Waals surface area contributed by atoms with Gasteiger partial charge >= 0.3 is 0 Å². The Labute approximate surface area is 73.7 Å². The fourth-order valence-electron chi connectivity index (χ4n) is 1.69. The minimum Gasteiger partial charge on any atom is -0.362 e. The number of methoxy groups -OCH3 is 1. The lowest BCUT2D eigenvalue weighted by molar-refractivity contribution is -0.142. The van der Waals surface area contributed by atoms with Crippen molar-refractivity contribution in [1.82, 2.24) is 4.90 Å². The number of likely N-dealkylation sites (tertiary alicyclic amines) is 1. The summed E-state index contributed by atoms with van der Waals surface area (Å²) in [6, 6.07) is 0. The normalized spacial score (nSPS) is 25.2. The van der Waals surface area contributed by atoms with Gasteiger partial charge in [-0.2, -0.15) is 0 Å². The number of hydrogen-bond donors (Lipinski definition) is 0. The maximum Gasteiger partial charge on any atom is 0.225 e. The summed E-state index contributed by atoms with van der Waals surface area (Å²) in [5.74, 6) is 0.203. The molecule has 1 atom stereocenters. The number of ether oxygens (including phenoxy) is 1. The monoisotopic (exact) mass is 171 g/mol. The Balaban J connectivity index is 2.77. The average molecular weight is 171 g/mol. The van der Waals surface area contributed by atoms with Gasteiger partial charge in [0.1, 0.15) is 6.23 Å². The molecule has 0 aromatic carbocycles. The van der Waals surface area contributed by atoms with E-state index in [4.69, 9.17) is 4.74 Å². The van der Waals surface area contributed by atoms with Crippen molar-refractivity contribution in [2.75, 3.05) is 7.11 Å². The van der Waals surface area contributed by atoms with E-state index in [9.17, 15) is 4.79 Å². The van der Waals surface area contributed by atoms with Gasteiger partial charge in [0.15, 0.2) is 0 Å². The summed E-state index contributed by atoms with van der Waals surface area (Å²) in [5.41, 5.74) is -0.117. The second kappa shape index (κ2) is 3.05. The summed E-state index contributed by atoms with van der Waals surface area (Å²) in [7, 11) is 1.65. The number of hydrogen-bond acceptors (Lipinski definition) is 2. The van der Waals surface area contributed by atoms with Crippen LogP contribution in [0.1, 0.15) is 33.6 Å². The van der Waals surface area contributed by atoms with Gasteiger partial charge in [-0.25, -0.2) is 0 Å². The van der Waals surface area contributed by atoms with Crippen LogP contribution in [0.15, 0.2) is 0 Å². The summed E-state index contributed by atoms with van der Waals surface area (Å²) < 4.78 is 5.23. The fraction of sp³-hybridized carbons (Fsp3) is 0.889. The molecule has 0 aromatic heterocycles. The first kappa shape index (κ1) is 9.52. The minimum absolute atomic E-state index is 0.0162. The van der Waals surface area contributed by atoms with Gasteiger partial charge in [-0.1, -0.05) is 0 Å². The Morgan fingerprint density at radius 2 is 2.08 bits per heavy atom. The van der Waals surface area contributed by atoms with Crippen molar-refractivity contribution >= 4 is 5.91 Å². The van der Waals surface area contributed by atoms with Crippen LogP contribution in [0.4, 0.5) is 0 Å². The van der Waals surface area contributed by atoms with Crippen LogP contribution >= 0.6 is 0 Å². The number of nitrogens with zero attached hydrogens (tertiary/aromatic N) is 1. The maximum absolute atomic E-state index is 11.4. The van der Waals surface area contributed by atoms with Crippen LogP contribution < -0.4 is 0 Å². The molecule has 0 radical (unpaired) electrons. The van der Waals surface area contributed by atoms with Crippen molar-refractivity contribution in [3.05, 3.63) is 0 Å². The van der Waals surface area contributed by atoms with E-state index in [1.807, 2.05) is 25.7 Å². The topological polar surface area (TPSA) is 29.5 Å². The molecule has 1 heterocycles. The van der Waals surface area contributed by atoms with Gasteiger partial charge in [-0.05, 0) is 20.8 Å². The Hall–Kier alpha value is -0.570. The standard InChI is InChI=1S/C9H17NO2/c1-9(2,3)10-7(11)5-6-8(10)12-4/h8H,5-6H2,1-4H3. The molecule has 1 rings (SSSR count). The third kappa shape index (κ3) is 1.61. The summed E-state index contributed by atoms with van der Waals surface area (Å²) in [6.45, 7) is 6.09. The molecule has 1 aliphatic heterocycles. The van der Waals surface area contributed by atoms with Gasteiger partial charge in [0, 0.05) is 25.5 Å². The highest BCUT2D eigenvalue weighted by Gasteiger charge is 2.38. The van der Waals surface area contributed by atoms with E-state index in [0.717, 1.165) is 6.42 Å². The Bertz CT molecular complexity index is 183. The zero-order valence-electron chi connectivity index (χ0n) is 8.26.